The van der Waals surface area contributed by atoms with Gasteiger partial charge >= 0.3 is 0 Å². The van der Waals surface area contributed by atoms with Crippen LogP contribution in [0, 0.1) is 11.8 Å². The first-order valence-electron chi connectivity index (χ1n) is 9.09. The number of benzene rings is 1. The van der Waals surface area contributed by atoms with Crippen LogP contribution in [0.25, 0.3) is 0 Å². The Balaban J connectivity index is 1.24. The Bertz CT molecular complexity index is 539. The van der Waals surface area contributed by atoms with Crippen LogP contribution in [0.3, 0.4) is 0 Å². The summed E-state index contributed by atoms with van der Waals surface area (Å²) in [5, 5.41) is 4.69. The van der Waals surface area contributed by atoms with E-state index in [1.165, 1.54) is 31.2 Å². The van der Waals surface area contributed by atoms with Crippen LogP contribution in [0.2, 0.25) is 0 Å². The van der Waals surface area contributed by atoms with Crippen LogP contribution < -0.4 is 5.32 Å². The highest BCUT2D eigenvalue weighted by Crippen LogP contribution is 2.44. The van der Waals surface area contributed by atoms with Crippen molar-refractivity contribution < 1.29 is 0 Å². The molecule has 3 atom stereocenters. The van der Waals surface area contributed by atoms with Gasteiger partial charge in [0.05, 0.1) is 0 Å². The number of nitrogens with zero attached hydrogens (tertiary/aromatic N) is 2. The van der Waals surface area contributed by atoms with Crippen molar-refractivity contribution in [2.45, 2.75) is 38.3 Å². The van der Waals surface area contributed by atoms with Gasteiger partial charge in [0.15, 0.2) is 5.11 Å². The van der Waals surface area contributed by atoms with Crippen molar-refractivity contribution in [1.29, 1.82) is 0 Å². The molecular formula is C19H27N3S. The zero-order chi connectivity index (χ0) is 15.6. The van der Waals surface area contributed by atoms with Gasteiger partial charge in [0.25, 0.3) is 0 Å². The molecule has 0 spiro atoms. The minimum atomic E-state index is 0.656. The largest absolute Gasteiger partial charge is 0.360 e. The molecule has 23 heavy (non-hydrogen) atoms. The third-order valence-electron chi connectivity index (χ3n) is 5.96. The fourth-order valence-electron chi connectivity index (χ4n) is 4.62. The van der Waals surface area contributed by atoms with E-state index in [1.807, 2.05) is 0 Å². The molecule has 4 heteroatoms. The molecule has 3 fully saturated rings. The topological polar surface area (TPSA) is 18.5 Å². The third-order valence-corrected chi connectivity index (χ3v) is 6.33. The molecule has 3 aliphatic rings. The Morgan fingerprint density at radius 3 is 2.48 bits per heavy atom. The molecule has 0 unspecified atom stereocenters. The highest BCUT2D eigenvalue weighted by atomic mass is 32.1. The first-order chi connectivity index (χ1) is 11.3. The summed E-state index contributed by atoms with van der Waals surface area (Å²) in [6, 6.07) is 11.4. The molecule has 1 aromatic rings. The SMILES string of the molecule is S=C(N[C@@H]1C[C@@H]2CC[C@@H]1C2)N1CCN(Cc2ccccc2)CC1. The molecule has 1 heterocycles. The zero-order valence-corrected chi connectivity index (χ0v) is 14.6. The predicted octanol–water partition coefficient (Wildman–Crippen LogP) is 2.87. The van der Waals surface area contributed by atoms with Gasteiger partial charge in [-0.1, -0.05) is 36.8 Å². The Morgan fingerprint density at radius 2 is 1.83 bits per heavy atom. The number of nitrogens with one attached hydrogen (secondary N) is 1. The molecule has 4 rings (SSSR count). The van der Waals surface area contributed by atoms with Crippen molar-refractivity contribution in [1.82, 2.24) is 15.1 Å². The van der Waals surface area contributed by atoms with Crippen molar-refractivity contribution in [3.8, 4) is 0 Å². The van der Waals surface area contributed by atoms with Crippen LogP contribution in [0.5, 0.6) is 0 Å². The van der Waals surface area contributed by atoms with Crippen LogP contribution in [0.4, 0.5) is 0 Å². The van der Waals surface area contributed by atoms with Crippen molar-refractivity contribution in [3.63, 3.8) is 0 Å². The number of thiocarbonyl (C=S) groups is 1. The van der Waals surface area contributed by atoms with Crippen LogP contribution >= 0.6 is 12.2 Å². The molecule has 124 valence electrons. The second kappa shape index (κ2) is 6.78. The molecule has 1 saturated heterocycles. The maximum Gasteiger partial charge on any atom is 0.169 e. The molecule has 2 bridgehead atoms. The van der Waals surface area contributed by atoms with Crippen molar-refractivity contribution in [2.75, 3.05) is 26.2 Å². The molecule has 3 nitrogen and oxygen atoms in total. The summed E-state index contributed by atoms with van der Waals surface area (Å²) in [6.07, 6.45) is 5.65. The van der Waals surface area contributed by atoms with Gasteiger partial charge in [-0.05, 0) is 48.9 Å². The van der Waals surface area contributed by atoms with E-state index in [1.54, 1.807) is 0 Å². The van der Waals surface area contributed by atoms with Gasteiger partial charge in [0, 0.05) is 38.8 Å². The molecule has 1 N–H and O–H groups in total. The fraction of sp³-hybridized carbons (Fsp3) is 0.632. The molecule has 1 aliphatic heterocycles. The Morgan fingerprint density at radius 1 is 1.04 bits per heavy atom. The maximum absolute atomic E-state index is 5.69. The summed E-state index contributed by atoms with van der Waals surface area (Å²) >= 11 is 5.69. The number of hydrogen-bond acceptors (Lipinski definition) is 2. The highest BCUT2D eigenvalue weighted by molar-refractivity contribution is 7.80. The number of hydrogen-bond donors (Lipinski definition) is 1. The van der Waals surface area contributed by atoms with Crippen LogP contribution in [-0.2, 0) is 6.54 Å². The molecule has 2 aliphatic carbocycles. The van der Waals surface area contributed by atoms with Gasteiger partial charge in [-0.3, -0.25) is 4.90 Å². The average molecular weight is 330 g/mol. The summed E-state index contributed by atoms with van der Waals surface area (Å²) in [5.74, 6) is 1.86. The van der Waals surface area contributed by atoms with E-state index in [0.29, 0.717) is 6.04 Å². The number of fused-ring (bicyclic) bond motifs is 2. The van der Waals surface area contributed by atoms with Crippen LogP contribution in [-0.4, -0.2) is 47.1 Å². The van der Waals surface area contributed by atoms with Gasteiger partial charge in [-0.25, -0.2) is 0 Å². The van der Waals surface area contributed by atoms with Crippen LogP contribution in [0.1, 0.15) is 31.2 Å². The van der Waals surface area contributed by atoms with Gasteiger partial charge in [-0.15, -0.1) is 0 Å². The molecule has 0 aromatic heterocycles. The highest BCUT2D eigenvalue weighted by Gasteiger charge is 2.40. The van der Waals surface area contributed by atoms with Crippen molar-refractivity contribution in [2.24, 2.45) is 11.8 Å². The molecule has 0 amide bonds. The fourth-order valence-corrected chi connectivity index (χ4v) is 4.96. The lowest BCUT2D eigenvalue weighted by molar-refractivity contribution is 0.173. The quantitative estimate of drug-likeness (QED) is 0.859. The van der Waals surface area contributed by atoms with Crippen molar-refractivity contribution in [3.05, 3.63) is 35.9 Å². The molecule has 1 aromatic carbocycles. The first-order valence-corrected chi connectivity index (χ1v) is 9.50. The number of piperazine rings is 1. The Labute approximate surface area is 145 Å². The lowest BCUT2D eigenvalue weighted by atomic mass is 9.95. The average Bonchev–Trinajstić information content (AvgIpc) is 3.19. The zero-order valence-electron chi connectivity index (χ0n) is 13.8. The summed E-state index contributed by atoms with van der Waals surface area (Å²) in [4.78, 5) is 4.91. The lowest BCUT2D eigenvalue weighted by Gasteiger charge is -2.37. The second-order valence-electron chi connectivity index (χ2n) is 7.48. The molecule has 0 radical (unpaired) electrons. The van der Waals surface area contributed by atoms with E-state index in [9.17, 15) is 0 Å². The standard InChI is InChI=1S/C19H27N3S/c23-19(20-18-13-16-6-7-17(18)12-16)22-10-8-21(9-11-22)14-15-4-2-1-3-5-15/h1-5,16-18H,6-14H2,(H,20,23)/t16-,17-,18-/m1/s1. The summed E-state index contributed by atoms with van der Waals surface area (Å²) < 4.78 is 0. The van der Waals surface area contributed by atoms with Gasteiger partial charge in [0.1, 0.15) is 0 Å². The summed E-state index contributed by atoms with van der Waals surface area (Å²) in [5.41, 5.74) is 1.41. The molecule has 2 saturated carbocycles. The van der Waals surface area contributed by atoms with Crippen LogP contribution in [0.15, 0.2) is 30.3 Å². The van der Waals surface area contributed by atoms with Gasteiger partial charge in [0.2, 0.25) is 0 Å². The first kappa shape index (κ1) is 15.4. The number of rotatable bonds is 3. The van der Waals surface area contributed by atoms with E-state index in [-0.39, 0.29) is 0 Å². The summed E-state index contributed by atoms with van der Waals surface area (Å²) in [7, 11) is 0. The minimum absolute atomic E-state index is 0.656. The molecular weight excluding hydrogens is 302 g/mol. The smallest absolute Gasteiger partial charge is 0.169 e. The van der Waals surface area contributed by atoms with E-state index < -0.39 is 0 Å². The van der Waals surface area contributed by atoms with E-state index in [0.717, 1.165) is 49.7 Å². The summed E-state index contributed by atoms with van der Waals surface area (Å²) in [6.45, 7) is 5.38. The predicted molar refractivity (Wildman–Crippen MR) is 98.3 cm³/mol. The van der Waals surface area contributed by atoms with E-state index in [4.69, 9.17) is 12.2 Å². The van der Waals surface area contributed by atoms with Crippen molar-refractivity contribution >= 4 is 17.3 Å². The van der Waals surface area contributed by atoms with E-state index in [2.05, 4.69) is 45.4 Å². The lowest BCUT2D eigenvalue weighted by Crippen LogP contribution is -2.53. The monoisotopic (exact) mass is 329 g/mol. The Hall–Kier alpha value is -1.13. The van der Waals surface area contributed by atoms with Gasteiger partial charge < -0.3 is 10.2 Å². The van der Waals surface area contributed by atoms with E-state index >= 15 is 0 Å². The third kappa shape index (κ3) is 3.53. The second-order valence-corrected chi connectivity index (χ2v) is 7.87. The normalized spacial score (nSPS) is 30.6. The Kier molecular flexibility index (Phi) is 4.54. The van der Waals surface area contributed by atoms with Gasteiger partial charge in [-0.2, -0.15) is 0 Å². The minimum Gasteiger partial charge on any atom is -0.360 e. The maximum atomic E-state index is 5.69.